The van der Waals surface area contributed by atoms with Gasteiger partial charge < -0.3 is 18.9 Å². The zero-order valence-electron chi connectivity index (χ0n) is 18.9. The topological polar surface area (TPSA) is 81.1 Å². The van der Waals surface area contributed by atoms with Crippen molar-refractivity contribution in [2.24, 2.45) is 0 Å². The summed E-state index contributed by atoms with van der Waals surface area (Å²) >= 11 is 0. The molecule has 1 fully saturated rings. The van der Waals surface area contributed by atoms with Crippen molar-refractivity contribution in [1.29, 1.82) is 0 Å². The number of rotatable bonds is 6. The van der Waals surface area contributed by atoms with E-state index in [2.05, 4.69) is 4.57 Å². The molecule has 0 bridgehead atoms. The Morgan fingerprint density at radius 1 is 1.16 bits per heavy atom. The van der Waals surface area contributed by atoms with Crippen molar-refractivity contribution >= 4 is 33.3 Å². The van der Waals surface area contributed by atoms with Crippen LogP contribution in [0.3, 0.4) is 0 Å². The number of nitrogens with zero attached hydrogens (tertiary/aromatic N) is 3. The van der Waals surface area contributed by atoms with Gasteiger partial charge in [-0.15, -0.1) is 0 Å². The molecule has 2 aliphatic rings. The van der Waals surface area contributed by atoms with E-state index in [0.29, 0.717) is 49.7 Å². The van der Waals surface area contributed by atoms with Crippen LogP contribution in [0.1, 0.15) is 22.5 Å². The van der Waals surface area contributed by atoms with E-state index >= 15 is 0 Å². The summed E-state index contributed by atoms with van der Waals surface area (Å²) in [7, 11) is -0.279. The molecule has 4 rings (SSSR count). The second kappa shape index (κ2) is 8.82. The predicted octanol–water partition coefficient (Wildman–Crippen LogP) is 2.29. The number of carbonyl (C=O) groups excluding carboxylic acids is 1. The summed E-state index contributed by atoms with van der Waals surface area (Å²) in [5, 5.41) is 0. The van der Waals surface area contributed by atoms with Crippen LogP contribution in [0.5, 0.6) is 0 Å². The van der Waals surface area contributed by atoms with Gasteiger partial charge in [-0.1, -0.05) is 0 Å². The summed E-state index contributed by atoms with van der Waals surface area (Å²) in [5.41, 5.74) is 4.88. The van der Waals surface area contributed by atoms with Gasteiger partial charge in [0, 0.05) is 56.3 Å². The fourth-order valence-electron chi connectivity index (χ4n) is 4.32. The van der Waals surface area contributed by atoms with E-state index in [4.69, 9.17) is 9.47 Å². The minimum Gasteiger partial charge on any atom is -0.383 e. The lowest BCUT2D eigenvalue weighted by Crippen LogP contribution is -2.40. The first kappa shape index (κ1) is 22.7. The number of methoxy groups -OCH3 is 1. The van der Waals surface area contributed by atoms with Crippen LogP contribution in [0, 0.1) is 13.8 Å². The third kappa shape index (κ3) is 3.90. The number of sulfonamides is 1. The third-order valence-corrected chi connectivity index (χ3v) is 8.09. The molecule has 8 nitrogen and oxygen atoms in total. The molecule has 3 heterocycles. The van der Waals surface area contributed by atoms with Crippen molar-refractivity contribution in [3.8, 4) is 0 Å². The van der Waals surface area contributed by atoms with Crippen LogP contribution in [0.2, 0.25) is 0 Å². The van der Waals surface area contributed by atoms with E-state index in [1.54, 1.807) is 37.3 Å². The number of aryl methyl sites for hydroxylation is 1. The maximum Gasteiger partial charge on any atom is 0.258 e. The Kier molecular flexibility index (Phi) is 6.26. The summed E-state index contributed by atoms with van der Waals surface area (Å²) in [6.45, 7) is 6.78. The number of ether oxygens (including phenoxy) is 2. The largest absolute Gasteiger partial charge is 0.383 e. The number of hydrogen-bond acceptors (Lipinski definition) is 5. The van der Waals surface area contributed by atoms with Gasteiger partial charge in [-0.25, -0.2) is 8.42 Å². The zero-order chi connectivity index (χ0) is 23.0. The molecule has 2 aromatic rings. The summed E-state index contributed by atoms with van der Waals surface area (Å²) < 4.78 is 40.4. The summed E-state index contributed by atoms with van der Waals surface area (Å²) in [6, 6.07) is 6.95. The highest BCUT2D eigenvalue weighted by molar-refractivity contribution is 7.89. The molecule has 9 heteroatoms. The lowest BCUT2D eigenvalue weighted by Gasteiger charge is -2.26. The molecule has 32 heavy (non-hydrogen) atoms. The van der Waals surface area contributed by atoms with Gasteiger partial charge >= 0.3 is 0 Å². The Labute approximate surface area is 189 Å². The van der Waals surface area contributed by atoms with Crippen LogP contribution in [0.25, 0.3) is 11.6 Å². The number of aromatic nitrogens is 1. The van der Waals surface area contributed by atoms with E-state index < -0.39 is 10.0 Å². The molecule has 0 N–H and O–H groups in total. The number of likely N-dealkylation sites (N-methyl/N-ethyl adjacent to an activating group) is 1. The summed E-state index contributed by atoms with van der Waals surface area (Å²) in [5.74, 6) is -0.150. The van der Waals surface area contributed by atoms with Gasteiger partial charge in [0.15, 0.2) is 0 Å². The fraction of sp³-hybridized carbons (Fsp3) is 0.435. The smallest absolute Gasteiger partial charge is 0.258 e. The molecule has 0 unspecified atom stereocenters. The van der Waals surface area contributed by atoms with Gasteiger partial charge in [0.1, 0.15) is 0 Å². The summed E-state index contributed by atoms with van der Waals surface area (Å²) in [6.07, 6.45) is 1.86. The van der Waals surface area contributed by atoms with Crippen LogP contribution < -0.4 is 4.90 Å². The number of anilines is 1. The number of amides is 1. The van der Waals surface area contributed by atoms with Crippen molar-refractivity contribution in [2.45, 2.75) is 25.3 Å². The van der Waals surface area contributed by atoms with Crippen molar-refractivity contribution in [3.05, 3.63) is 46.8 Å². The van der Waals surface area contributed by atoms with Crippen molar-refractivity contribution in [1.82, 2.24) is 8.87 Å². The molecule has 1 aromatic carbocycles. The van der Waals surface area contributed by atoms with Crippen LogP contribution in [0.15, 0.2) is 29.2 Å². The molecule has 0 radical (unpaired) electrons. The Hall–Kier alpha value is -2.46. The van der Waals surface area contributed by atoms with E-state index in [9.17, 15) is 13.2 Å². The van der Waals surface area contributed by atoms with Crippen LogP contribution >= 0.6 is 0 Å². The molecule has 0 saturated carbocycles. The monoisotopic (exact) mass is 459 g/mol. The average molecular weight is 460 g/mol. The van der Waals surface area contributed by atoms with E-state index in [0.717, 1.165) is 23.5 Å². The number of carbonyl (C=O) groups is 1. The van der Waals surface area contributed by atoms with Crippen molar-refractivity contribution in [2.75, 3.05) is 52.0 Å². The predicted molar refractivity (Wildman–Crippen MR) is 123 cm³/mol. The Bertz CT molecular complexity index is 1180. The molecule has 172 valence electrons. The van der Waals surface area contributed by atoms with E-state index in [1.165, 1.54) is 4.31 Å². The van der Waals surface area contributed by atoms with Gasteiger partial charge in [-0.2, -0.15) is 4.31 Å². The highest BCUT2D eigenvalue weighted by atomic mass is 32.2. The van der Waals surface area contributed by atoms with Crippen molar-refractivity contribution in [3.63, 3.8) is 0 Å². The van der Waals surface area contributed by atoms with E-state index in [-0.39, 0.29) is 10.8 Å². The number of fused-ring (bicyclic) bond motifs is 1. The van der Waals surface area contributed by atoms with Gasteiger partial charge in [-0.05, 0) is 49.8 Å². The molecule has 1 aromatic heterocycles. The molecular formula is C23H29N3O5S. The second-order valence-electron chi connectivity index (χ2n) is 8.09. The summed E-state index contributed by atoms with van der Waals surface area (Å²) in [4.78, 5) is 14.8. The zero-order valence-corrected chi connectivity index (χ0v) is 19.7. The third-order valence-electron chi connectivity index (χ3n) is 6.19. The molecule has 1 saturated heterocycles. The van der Waals surface area contributed by atoms with Gasteiger partial charge in [0.2, 0.25) is 10.0 Å². The molecule has 0 spiro atoms. The van der Waals surface area contributed by atoms with Gasteiger partial charge in [-0.3, -0.25) is 4.79 Å². The van der Waals surface area contributed by atoms with Crippen LogP contribution in [-0.2, 0) is 30.8 Å². The molecule has 2 aliphatic heterocycles. The normalized spacial score (nSPS) is 18.6. The maximum atomic E-state index is 13.2. The standard InChI is InChI=1S/C23H29N3O5S/c1-16-13-18(17(2)26(16)9-10-30-4)14-21-20-15-19(5-6-22(20)24(3)23(21)27)32(28,29)25-7-11-31-12-8-25/h5-6,13-15H,7-12H2,1-4H3/b21-14-. The average Bonchev–Trinajstić information content (AvgIpc) is 3.20. The number of benzene rings is 1. The highest BCUT2D eigenvalue weighted by Gasteiger charge is 2.33. The van der Waals surface area contributed by atoms with Gasteiger partial charge in [0.05, 0.1) is 30.4 Å². The minimum absolute atomic E-state index is 0.150. The Balaban J connectivity index is 1.76. The van der Waals surface area contributed by atoms with Gasteiger partial charge in [0.25, 0.3) is 5.91 Å². The first-order valence-corrected chi connectivity index (χ1v) is 12.1. The minimum atomic E-state index is -3.66. The fourth-order valence-corrected chi connectivity index (χ4v) is 5.76. The second-order valence-corrected chi connectivity index (χ2v) is 10.0. The molecular weight excluding hydrogens is 430 g/mol. The highest BCUT2D eigenvalue weighted by Crippen LogP contribution is 2.39. The first-order chi connectivity index (χ1) is 15.3. The number of morpholine rings is 1. The van der Waals surface area contributed by atoms with Crippen LogP contribution in [-0.4, -0.2) is 70.3 Å². The van der Waals surface area contributed by atoms with E-state index in [1.807, 2.05) is 26.0 Å². The molecule has 0 aliphatic carbocycles. The number of hydrogen-bond donors (Lipinski definition) is 0. The quantitative estimate of drug-likeness (QED) is 0.619. The Morgan fingerprint density at radius 2 is 1.88 bits per heavy atom. The maximum absolute atomic E-state index is 13.2. The Morgan fingerprint density at radius 3 is 2.56 bits per heavy atom. The SMILES string of the molecule is COCCn1c(C)cc(/C=C2\C(=O)N(C)c3ccc(S(=O)(=O)N4CCOCC4)cc32)c1C. The molecule has 1 amide bonds. The molecule has 0 atom stereocenters. The first-order valence-electron chi connectivity index (χ1n) is 10.6. The van der Waals surface area contributed by atoms with Crippen molar-refractivity contribution < 1.29 is 22.7 Å². The lowest BCUT2D eigenvalue weighted by molar-refractivity contribution is -0.112. The van der Waals surface area contributed by atoms with Crippen LogP contribution in [0.4, 0.5) is 5.69 Å². The lowest BCUT2D eigenvalue weighted by atomic mass is 10.0.